The summed E-state index contributed by atoms with van der Waals surface area (Å²) < 4.78 is 5.64. The monoisotopic (exact) mass is 236 g/mol. The predicted octanol–water partition coefficient (Wildman–Crippen LogP) is 2.79. The van der Waals surface area contributed by atoms with Gasteiger partial charge in [0.25, 0.3) is 0 Å². The van der Waals surface area contributed by atoms with E-state index < -0.39 is 0 Å². The predicted molar refractivity (Wildman–Crippen MR) is 69.7 cm³/mol. The minimum Gasteiger partial charge on any atom is -0.468 e. The van der Waals surface area contributed by atoms with Gasteiger partial charge in [0.05, 0.1) is 12.3 Å². The van der Waals surface area contributed by atoms with Crippen molar-refractivity contribution < 1.29 is 4.42 Å². The Morgan fingerprint density at radius 1 is 1.47 bits per heavy atom. The topological polar surface area (TPSA) is 42.4 Å². The Morgan fingerprint density at radius 2 is 2.35 bits per heavy atom. The summed E-state index contributed by atoms with van der Waals surface area (Å²) >= 11 is 0. The zero-order valence-corrected chi connectivity index (χ0v) is 10.8. The molecule has 0 aliphatic carbocycles. The number of nitrogens with zero attached hydrogens (tertiary/aromatic N) is 1. The molecule has 2 N–H and O–H groups in total. The second kappa shape index (κ2) is 6.22. The Kier molecular flexibility index (Phi) is 4.63. The van der Waals surface area contributed by atoms with Crippen LogP contribution in [0.25, 0.3) is 0 Å². The van der Waals surface area contributed by atoms with Gasteiger partial charge in [-0.05, 0) is 56.9 Å². The average molecular weight is 236 g/mol. The van der Waals surface area contributed by atoms with E-state index in [0.717, 1.165) is 18.8 Å². The van der Waals surface area contributed by atoms with Gasteiger partial charge in [0.2, 0.25) is 0 Å². The number of furan rings is 1. The molecule has 0 unspecified atom stereocenters. The lowest BCUT2D eigenvalue weighted by Crippen LogP contribution is -2.36. The zero-order chi connectivity index (χ0) is 12.1. The second-order valence-electron chi connectivity index (χ2n) is 4.99. The normalized spacial score (nSPS) is 26.9. The molecule has 2 rings (SSSR count). The number of hydrogen-bond donors (Lipinski definition) is 1. The van der Waals surface area contributed by atoms with Crippen LogP contribution in [0.3, 0.4) is 0 Å². The smallest absolute Gasteiger partial charge is 0.121 e. The van der Waals surface area contributed by atoms with Crippen LogP contribution in [0.15, 0.2) is 22.8 Å². The van der Waals surface area contributed by atoms with E-state index >= 15 is 0 Å². The van der Waals surface area contributed by atoms with Crippen molar-refractivity contribution in [2.45, 2.75) is 38.6 Å². The summed E-state index contributed by atoms with van der Waals surface area (Å²) in [6.07, 6.45) is 6.77. The molecule has 0 aromatic carbocycles. The molecule has 1 aromatic rings. The summed E-state index contributed by atoms with van der Waals surface area (Å²) in [5.74, 6) is 1.63. The summed E-state index contributed by atoms with van der Waals surface area (Å²) in [5.41, 5.74) is 5.96. The van der Waals surface area contributed by atoms with Crippen molar-refractivity contribution >= 4 is 0 Å². The Labute approximate surface area is 104 Å². The molecule has 2 atom stereocenters. The van der Waals surface area contributed by atoms with Crippen LogP contribution in [0.4, 0.5) is 0 Å². The third kappa shape index (κ3) is 2.90. The fourth-order valence-electron chi connectivity index (χ4n) is 2.97. The van der Waals surface area contributed by atoms with Crippen LogP contribution < -0.4 is 5.73 Å². The fraction of sp³-hybridized carbons (Fsp3) is 0.714. The molecule has 0 saturated carbocycles. The van der Waals surface area contributed by atoms with Gasteiger partial charge in [-0.25, -0.2) is 0 Å². The van der Waals surface area contributed by atoms with E-state index in [-0.39, 0.29) is 0 Å². The number of hydrogen-bond acceptors (Lipinski definition) is 3. The van der Waals surface area contributed by atoms with Gasteiger partial charge in [0, 0.05) is 0 Å². The van der Waals surface area contributed by atoms with Gasteiger partial charge in [-0.2, -0.15) is 0 Å². The lowest BCUT2D eigenvalue weighted by molar-refractivity contribution is 0.136. The van der Waals surface area contributed by atoms with Crippen LogP contribution in [-0.4, -0.2) is 24.5 Å². The van der Waals surface area contributed by atoms with Crippen molar-refractivity contribution in [3.8, 4) is 0 Å². The highest BCUT2D eigenvalue weighted by Gasteiger charge is 2.31. The molecular formula is C14H24N2O. The van der Waals surface area contributed by atoms with Crippen LogP contribution >= 0.6 is 0 Å². The molecule has 0 radical (unpaired) electrons. The number of nitrogens with two attached hydrogens (primary N) is 1. The quantitative estimate of drug-likeness (QED) is 0.874. The molecular weight excluding hydrogens is 212 g/mol. The molecule has 1 saturated heterocycles. The maximum atomic E-state index is 5.96. The van der Waals surface area contributed by atoms with E-state index in [9.17, 15) is 0 Å². The van der Waals surface area contributed by atoms with E-state index in [4.69, 9.17) is 10.2 Å². The van der Waals surface area contributed by atoms with Gasteiger partial charge in [-0.15, -0.1) is 0 Å². The zero-order valence-electron chi connectivity index (χ0n) is 10.8. The van der Waals surface area contributed by atoms with Crippen LogP contribution in [-0.2, 0) is 0 Å². The fourth-order valence-corrected chi connectivity index (χ4v) is 2.97. The molecule has 0 bridgehead atoms. The van der Waals surface area contributed by atoms with Gasteiger partial charge >= 0.3 is 0 Å². The van der Waals surface area contributed by atoms with Crippen LogP contribution in [0, 0.1) is 5.92 Å². The molecule has 1 aliphatic rings. The van der Waals surface area contributed by atoms with Gasteiger partial charge < -0.3 is 10.2 Å². The number of likely N-dealkylation sites (tertiary alicyclic amines) is 1. The largest absolute Gasteiger partial charge is 0.468 e. The second-order valence-corrected chi connectivity index (χ2v) is 4.99. The maximum Gasteiger partial charge on any atom is 0.121 e. The molecule has 1 fully saturated rings. The average Bonchev–Trinajstić information content (AvgIpc) is 2.78. The highest BCUT2D eigenvalue weighted by Crippen LogP contribution is 2.34. The Hall–Kier alpha value is -0.800. The molecule has 2 heterocycles. The maximum absolute atomic E-state index is 5.96. The van der Waals surface area contributed by atoms with Crippen LogP contribution in [0.2, 0.25) is 0 Å². The van der Waals surface area contributed by atoms with E-state index in [1.807, 2.05) is 6.07 Å². The standard InChI is InChI=1S/C14H24N2O/c1-2-8-16-9-4-3-6-12(11-15)14(16)13-7-5-10-17-13/h5,7,10,12,14H,2-4,6,8-9,11,15H2,1H3/t12-,14+/m1/s1. The molecule has 17 heavy (non-hydrogen) atoms. The lowest BCUT2D eigenvalue weighted by Gasteiger charge is -2.32. The van der Waals surface area contributed by atoms with Crippen LogP contribution in [0.5, 0.6) is 0 Å². The third-order valence-electron chi connectivity index (χ3n) is 3.76. The van der Waals surface area contributed by atoms with Crippen molar-refractivity contribution in [3.63, 3.8) is 0 Å². The molecule has 0 amide bonds. The van der Waals surface area contributed by atoms with Crippen molar-refractivity contribution in [3.05, 3.63) is 24.2 Å². The van der Waals surface area contributed by atoms with Gasteiger partial charge in [0.1, 0.15) is 5.76 Å². The molecule has 0 spiro atoms. The molecule has 96 valence electrons. The first-order valence-corrected chi connectivity index (χ1v) is 6.84. The Balaban J connectivity index is 2.22. The summed E-state index contributed by atoms with van der Waals surface area (Å²) in [4.78, 5) is 2.56. The van der Waals surface area contributed by atoms with Crippen molar-refractivity contribution in [2.75, 3.05) is 19.6 Å². The minimum absolute atomic E-state index is 0.387. The minimum atomic E-state index is 0.387. The first kappa shape index (κ1) is 12.7. The highest BCUT2D eigenvalue weighted by atomic mass is 16.3. The first-order valence-electron chi connectivity index (χ1n) is 6.84. The van der Waals surface area contributed by atoms with Crippen molar-refractivity contribution in [1.29, 1.82) is 0 Å². The number of rotatable bonds is 4. The molecule has 3 heteroatoms. The van der Waals surface area contributed by atoms with Crippen molar-refractivity contribution in [2.24, 2.45) is 11.7 Å². The van der Waals surface area contributed by atoms with E-state index in [2.05, 4.69) is 17.9 Å². The third-order valence-corrected chi connectivity index (χ3v) is 3.76. The van der Waals surface area contributed by atoms with Gasteiger partial charge in [-0.1, -0.05) is 13.3 Å². The summed E-state index contributed by atoms with van der Waals surface area (Å²) in [7, 11) is 0. The van der Waals surface area contributed by atoms with Gasteiger partial charge in [-0.3, -0.25) is 4.90 Å². The summed E-state index contributed by atoms with van der Waals surface area (Å²) in [6, 6.07) is 4.47. The molecule has 1 aromatic heterocycles. The van der Waals surface area contributed by atoms with E-state index in [1.165, 1.54) is 32.2 Å². The van der Waals surface area contributed by atoms with E-state index in [1.54, 1.807) is 6.26 Å². The van der Waals surface area contributed by atoms with Crippen molar-refractivity contribution in [1.82, 2.24) is 4.90 Å². The van der Waals surface area contributed by atoms with Crippen LogP contribution in [0.1, 0.15) is 44.4 Å². The van der Waals surface area contributed by atoms with E-state index in [0.29, 0.717) is 12.0 Å². The van der Waals surface area contributed by atoms with Gasteiger partial charge in [0.15, 0.2) is 0 Å². The Morgan fingerprint density at radius 3 is 3.00 bits per heavy atom. The SMILES string of the molecule is CCCN1CCCC[C@H](CN)[C@H]1c1ccco1. The molecule has 3 nitrogen and oxygen atoms in total. The highest BCUT2D eigenvalue weighted by molar-refractivity contribution is 5.07. The molecule has 1 aliphatic heterocycles. The Bertz CT molecular complexity index is 310. The summed E-state index contributed by atoms with van der Waals surface area (Å²) in [5, 5.41) is 0. The first-order chi connectivity index (χ1) is 8.36. The summed E-state index contributed by atoms with van der Waals surface area (Å²) in [6.45, 7) is 5.31. The lowest BCUT2D eigenvalue weighted by atomic mass is 9.93.